The summed E-state index contributed by atoms with van der Waals surface area (Å²) in [5, 5.41) is 27.1. The molecule has 27 heavy (non-hydrogen) atoms. The maximum absolute atomic E-state index is 12.5. The van der Waals surface area contributed by atoms with Crippen LogP contribution in [0.1, 0.15) is 37.4 Å². The highest BCUT2D eigenvalue weighted by Gasteiger charge is 2.15. The predicted molar refractivity (Wildman–Crippen MR) is 94.9 cm³/mol. The van der Waals surface area contributed by atoms with E-state index in [2.05, 4.69) is 32.3 Å². The van der Waals surface area contributed by atoms with Crippen molar-refractivity contribution in [1.29, 1.82) is 5.26 Å². The van der Waals surface area contributed by atoms with Crippen LogP contribution in [0.15, 0.2) is 49.1 Å². The van der Waals surface area contributed by atoms with Crippen LogP contribution in [0.25, 0.3) is 0 Å². The Balaban J connectivity index is 1.84. The predicted octanol–water partition coefficient (Wildman–Crippen LogP) is 2.03. The molecule has 0 atom stereocenters. The Kier molecular flexibility index (Phi) is 4.92. The number of anilines is 1. The number of carbonyl (C=O) groups is 2. The van der Waals surface area contributed by atoms with Gasteiger partial charge in [0.2, 0.25) is 0 Å². The minimum absolute atomic E-state index is 0.0846. The smallest absolute Gasteiger partial charge is 0.337 e. The summed E-state index contributed by atoms with van der Waals surface area (Å²) in [6.45, 7) is 0. The summed E-state index contributed by atoms with van der Waals surface area (Å²) in [4.78, 5) is 27.8. The van der Waals surface area contributed by atoms with Gasteiger partial charge in [-0.1, -0.05) is 11.8 Å². The van der Waals surface area contributed by atoms with E-state index < -0.39 is 11.9 Å². The number of aromatic nitrogens is 3. The van der Waals surface area contributed by atoms with Crippen LogP contribution in [0.4, 0.5) is 5.69 Å². The van der Waals surface area contributed by atoms with Crippen LogP contribution in [-0.4, -0.2) is 32.2 Å². The van der Waals surface area contributed by atoms with Gasteiger partial charge in [0, 0.05) is 24.2 Å². The lowest BCUT2D eigenvalue weighted by molar-refractivity contribution is 0.0698. The maximum atomic E-state index is 12.5. The molecule has 0 aliphatic carbocycles. The van der Waals surface area contributed by atoms with E-state index in [0.29, 0.717) is 11.1 Å². The molecule has 0 bridgehead atoms. The van der Waals surface area contributed by atoms with Crippen LogP contribution in [0.2, 0.25) is 0 Å². The molecule has 2 aromatic heterocycles. The van der Waals surface area contributed by atoms with Crippen LogP contribution in [0, 0.1) is 23.2 Å². The molecule has 2 heterocycles. The first-order chi connectivity index (χ1) is 13.1. The van der Waals surface area contributed by atoms with Gasteiger partial charge in [-0.25, -0.2) is 4.79 Å². The van der Waals surface area contributed by atoms with Crippen molar-refractivity contribution in [1.82, 2.24) is 15.2 Å². The molecule has 0 unspecified atom stereocenters. The second kappa shape index (κ2) is 7.64. The molecular formula is C19H11N5O3. The van der Waals surface area contributed by atoms with E-state index in [9.17, 15) is 14.7 Å². The summed E-state index contributed by atoms with van der Waals surface area (Å²) >= 11 is 0. The number of hydrogen-bond acceptors (Lipinski definition) is 5. The molecule has 1 amide bonds. The molecule has 0 aliphatic rings. The number of carboxylic acid groups (broad SMARTS) is 1. The fourth-order valence-corrected chi connectivity index (χ4v) is 2.19. The Labute approximate surface area is 153 Å². The van der Waals surface area contributed by atoms with Crippen LogP contribution in [0.3, 0.4) is 0 Å². The first kappa shape index (κ1) is 17.4. The van der Waals surface area contributed by atoms with E-state index in [1.54, 1.807) is 18.5 Å². The van der Waals surface area contributed by atoms with Gasteiger partial charge < -0.3 is 10.4 Å². The minimum Gasteiger partial charge on any atom is -0.478 e. The molecule has 3 aromatic rings. The number of rotatable bonds is 3. The second-order valence-electron chi connectivity index (χ2n) is 5.33. The van der Waals surface area contributed by atoms with Gasteiger partial charge in [0.05, 0.1) is 40.2 Å². The molecule has 0 aliphatic heterocycles. The molecular weight excluding hydrogens is 346 g/mol. The zero-order valence-corrected chi connectivity index (χ0v) is 13.7. The van der Waals surface area contributed by atoms with Crippen LogP contribution >= 0.6 is 0 Å². The lowest BCUT2D eigenvalue weighted by atomic mass is 10.1. The lowest BCUT2D eigenvalue weighted by Crippen LogP contribution is -2.15. The van der Waals surface area contributed by atoms with Crippen molar-refractivity contribution < 1.29 is 14.7 Å². The number of hydrogen-bond donors (Lipinski definition) is 3. The highest BCUT2D eigenvalue weighted by molar-refractivity contribution is 6.07. The zero-order valence-electron chi connectivity index (χ0n) is 13.7. The van der Waals surface area contributed by atoms with E-state index in [4.69, 9.17) is 5.26 Å². The third-order valence-corrected chi connectivity index (χ3v) is 3.48. The van der Waals surface area contributed by atoms with Gasteiger partial charge in [-0.3, -0.25) is 14.9 Å². The Hall–Kier alpha value is -4.43. The van der Waals surface area contributed by atoms with Crippen molar-refractivity contribution in [3.8, 4) is 17.9 Å². The highest BCUT2D eigenvalue weighted by atomic mass is 16.4. The molecule has 0 saturated carbocycles. The highest BCUT2D eigenvalue weighted by Crippen LogP contribution is 2.18. The quantitative estimate of drug-likeness (QED) is 0.615. The van der Waals surface area contributed by atoms with Gasteiger partial charge >= 0.3 is 5.97 Å². The van der Waals surface area contributed by atoms with Crippen molar-refractivity contribution in [2.75, 3.05) is 5.32 Å². The molecule has 3 N–H and O–H groups in total. The number of nitrogens with one attached hydrogen (secondary N) is 2. The van der Waals surface area contributed by atoms with Crippen molar-refractivity contribution in [2.24, 2.45) is 0 Å². The molecule has 1 aromatic carbocycles. The minimum atomic E-state index is -1.25. The van der Waals surface area contributed by atoms with Gasteiger partial charge in [-0.05, 0) is 24.3 Å². The van der Waals surface area contributed by atoms with E-state index in [1.165, 1.54) is 30.6 Å². The first-order valence-electron chi connectivity index (χ1n) is 7.61. The topological polar surface area (TPSA) is 132 Å². The van der Waals surface area contributed by atoms with E-state index >= 15 is 0 Å². The van der Waals surface area contributed by atoms with Gasteiger partial charge in [0.15, 0.2) is 0 Å². The number of nitriles is 1. The summed E-state index contributed by atoms with van der Waals surface area (Å²) in [6.07, 6.45) is 6.06. The number of pyridine rings is 1. The Morgan fingerprint density at radius 3 is 2.59 bits per heavy atom. The maximum Gasteiger partial charge on any atom is 0.337 e. The van der Waals surface area contributed by atoms with Crippen molar-refractivity contribution in [3.63, 3.8) is 0 Å². The number of amides is 1. The number of aromatic amines is 1. The molecule has 0 saturated heterocycles. The van der Waals surface area contributed by atoms with Crippen molar-refractivity contribution >= 4 is 17.6 Å². The lowest BCUT2D eigenvalue weighted by Gasteiger charge is -2.09. The average Bonchev–Trinajstić information content (AvgIpc) is 3.20. The summed E-state index contributed by atoms with van der Waals surface area (Å²) in [5.41, 5.74) is 1.52. The molecule has 8 heteroatoms. The number of H-pyrrole nitrogens is 1. The average molecular weight is 357 g/mol. The van der Waals surface area contributed by atoms with E-state index in [0.717, 1.165) is 0 Å². The molecule has 130 valence electrons. The molecule has 8 nitrogen and oxygen atoms in total. The largest absolute Gasteiger partial charge is 0.478 e. The summed E-state index contributed by atoms with van der Waals surface area (Å²) in [5.74, 6) is 3.95. The monoisotopic (exact) mass is 357 g/mol. The Morgan fingerprint density at radius 2 is 1.89 bits per heavy atom. The van der Waals surface area contributed by atoms with Crippen LogP contribution in [0.5, 0.6) is 0 Å². The normalized spacial score (nSPS) is 9.59. The van der Waals surface area contributed by atoms with E-state index in [-0.39, 0.29) is 22.4 Å². The standard InChI is InChI=1S/C19H11N5O3/c20-7-12-3-4-17(16(6-12)19(26)27)24-18(25)15-5-13(8-21-11-15)1-2-14-9-22-23-10-14/h3-6,8-11H,(H,22,23)(H,24,25)(H,26,27). The van der Waals surface area contributed by atoms with Crippen LogP contribution in [-0.2, 0) is 0 Å². The van der Waals surface area contributed by atoms with Gasteiger partial charge in [-0.15, -0.1) is 0 Å². The zero-order chi connectivity index (χ0) is 19.2. The third kappa shape index (κ3) is 4.16. The number of carbonyl (C=O) groups excluding carboxylic acids is 1. The summed E-state index contributed by atoms with van der Waals surface area (Å²) < 4.78 is 0. The van der Waals surface area contributed by atoms with Crippen LogP contribution < -0.4 is 5.32 Å². The third-order valence-electron chi connectivity index (χ3n) is 3.48. The number of nitrogens with zero attached hydrogens (tertiary/aromatic N) is 3. The summed E-state index contributed by atoms with van der Waals surface area (Å²) in [7, 11) is 0. The van der Waals surface area contributed by atoms with Crippen molar-refractivity contribution in [2.45, 2.75) is 0 Å². The SMILES string of the molecule is N#Cc1ccc(NC(=O)c2cncc(C#Cc3cn[nH]c3)c2)c(C(=O)O)c1. The molecule has 0 spiro atoms. The fraction of sp³-hybridized carbons (Fsp3) is 0. The number of benzene rings is 1. The van der Waals surface area contributed by atoms with Gasteiger partial charge in [-0.2, -0.15) is 10.4 Å². The van der Waals surface area contributed by atoms with Gasteiger partial charge in [0.1, 0.15) is 0 Å². The first-order valence-corrected chi connectivity index (χ1v) is 7.61. The van der Waals surface area contributed by atoms with Crippen molar-refractivity contribution in [3.05, 3.63) is 76.9 Å². The Morgan fingerprint density at radius 1 is 1.07 bits per heavy atom. The Bertz CT molecular complexity index is 1120. The van der Waals surface area contributed by atoms with E-state index in [1.807, 2.05) is 6.07 Å². The number of aromatic carboxylic acids is 1. The summed E-state index contributed by atoms with van der Waals surface area (Å²) in [6, 6.07) is 7.39. The fourth-order valence-electron chi connectivity index (χ4n) is 2.19. The molecule has 0 fully saturated rings. The molecule has 0 radical (unpaired) electrons. The second-order valence-corrected chi connectivity index (χ2v) is 5.33. The van der Waals surface area contributed by atoms with Gasteiger partial charge in [0.25, 0.3) is 5.91 Å². The molecule has 3 rings (SSSR count). The number of carboxylic acids is 1.